The van der Waals surface area contributed by atoms with Crippen molar-refractivity contribution in [1.82, 2.24) is 9.97 Å². The van der Waals surface area contributed by atoms with Crippen LogP contribution in [0, 0.1) is 27.7 Å². The zero-order valence-electron chi connectivity index (χ0n) is 16.0. The summed E-state index contributed by atoms with van der Waals surface area (Å²) in [6.45, 7) is 12.7. The highest BCUT2D eigenvalue weighted by atomic mass is 16.5. The first-order valence-electron chi connectivity index (χ1n) is 8.91. The second-order valence-electron chi connectivity index (χ2n) is 7.03. The van der Waals surface area contributed by atoms with E-state index in [0.717, 1.165) is 34.4 Å². The third-order valence-electron chi connectivity index (χ3n) is 4.83. The van der Waals surface area contributed by atoms with E-state index >= 15 is 0 Å². The molecule has 3 aromatic rings. The van der Waals surface area contributed by atoms with Crippen LogP contribution < -0.4 is 4.74 Å². The highest BCUT2D eigenvalue weighted by Crippen LogP contribution is 2.35. The van der Waals surface area contributed by atoms with Crippen molar-refractivity contribution in [2.75, 3.05) is 0 Å². The molecule has 130 valence electrons. The summed E-state index contributed by atoms with van der Waals surface area (Å²) in [5.74, 6) is 1.98. The molecule has 2 heterocycles. The molecule has 0 spiro atoms. The van der Waals surface area contributed by atoms with Gasteiger partial charge in [0.25, 0.3) is 0 Å². The number of nitrogens with zero attached hydrogens (tertiary/aromatic N) is 2. The first-order chi connectivity index (χ1) is 11.9. The second-order valence-corrected chi connectivity index (χ2v) is 7.03. The quantitative estimate of drug-likeness (QED) is 0.572. The monoisotopic (exact) mass is 334 g/mol. The molecule has 0 N–H and O–H groups in total. The molecule has 2 aromatic heterocycles. The van der Waals surface area contributed by atoms with Crippen molar-refractivity contribution < 1.29 is 4.74 Å². The molecule has 0 amide bonds. The molecule has 3 nitrogen and oxygen atoms in total. The Labute approximate surface area is 150 Å². The maximum absolute atomic E-state index is 6.31. The third kappa shape index (κ3) is 3.37. The van der Waals surface area contributed by atoms with E-state index in [1.807, 2.05) is 19.3 Å². The van der Waals surface area contributed by atoms with E-state index < -0.39 is 0 Å². The van der Waals surface area contributed by atoms with Crippen LogP contribution in [-0.2, 0) is 0 Å². The SMILES string of the molecule is CCC(C)c1cncc2c(Oc3c(C)cc(C)cc3C)nc(C)cc12. The Hall–Kier alpha value is -2.42. The van der Waals surface area contributed by atoms with Crippen LogP contribution in [0.1, 0.15) is 54.1 Å². The summed E-state index contributed by atoms with van der Waals surface area (Å²) in [6, 6.07) is 6.42. The zero-order chi connectivity index (χ0) is 18.1. The third-order valence-corrected chi connectivity index (χ3v) is 4.83. The molecule has 3 rings (SSSR count). The van der Waals surface area contributed by atoms with Crippen LogP contribution in [0.4, 0.5) is 0 Å². The predicted molar refractivity (Wildman–Crippen MR) is 104 cm³/mol. The highest BCUT2D eigenvalue weighted by Gasteiger charge is 2.15. The van der Waals surface area contributed by atoms with E-state index in [9.17, 15) is 0 Å². The van der Waals surface area contributed by atoms with Gasteiger partial charge in [-0.2, -0.15) is 0 Å². The van der Waals surface area contributed by atoms with Gasteiger partial charge in [-0.3, -0.25) is 4.98 Å². The number of hydrogen-bond donors (Lipinski definition) is 0. The molecule has 0 radical (unpaired) electrons. The fourth-order valence-electron chi connectivity index (χ4n) is 3.39. The number of ether oxygens (including phenoxy) is 1. The fourth-order valence-corrected chi connectivity index (χ4v) is 3.39. The Morgan fingerprint density at radius 2 is 1.64 bits per heavy atom. The molecular weight excluding hydrogens is 308 g/mol. The van der Waals surface area contributed by atoms with Gasteiger partial charge in [0.05, 0.1) is 5.39 Å². The van der Waals surface area contributed by atoms with Crippen molar-refractivity contribution >= 4 is 10.8 Å². The van der Waals surface area contributed by atoms with Gasteiger partial charge in [0.15, 0.2) is 0 Å². The second kappa shape index (κ2) is 6.83. The Bertz CT molecular complexity index is 908. The maximum atomic E-state index is 6.31. The molecule has 1 aromatic carbocycles. The Morgan fingerprint density at radius 3 is 2.28 bits per heavy atom. The van der Waals surface area contributed by atoms with Crippen LogP contribution in [0.25, 0.3) is 10.8 Å². The lowest BCUT2D eigenvalue weighted by Gasteiger charge is -2.17. The molecule has 0 aliphatic heterocycles. The number of aromatic nitrogens is 2. The molecule has 0 bridgehead atoms. The largest absolute Gasteiger partial charge is 0.438 e. The molecular formula is C22H26N2O. The van der Waals surface area contributed by atoms with Gasteiger partial charge in [-0.15, -0.1) is 0 Å². The van der Waals surface area contributed by atoms with Crippen LogP contribution in [0.15, 0.2) is 30.6 Å². The molecule has 0 aliphatic carbocycles. The van der Waals surface area contributed by atoms with Gasteiger partial charge in [-0.1, -0.05) is 31.5 Å². The Morgan fingerprint density at radius 1 is 0.960 bits per heavy atom. The topological polar surface area (TPSA) is 35.0 Å². The maximum Gasteiger partial charge on any atom is 0.228 e. The fraction of sp³-hybridized carbons (Fsp3) is 0.364. The van der Waals surface area contributed by atoms with Gasteiger partial charge in [0, 0.05) is 18.1 Å². The van der Waals surface area contributed by atoms with Gasteiger partial charge in [0.1, 0.15) is 5.75 Å². The Balaban J connectivity index is 2.18. The van der Waals surface area contributed by atoms with E-state index in [-0.39, 0.29) is 0 Å². The van der Waals surface area contributed by atoms with Crippen LogP contribution >= 0.6 is 0 Å². The molecule has 0 aliphatic rings. The number of hydrogen-bond acceptors (Lipinski definition) is 3. The summed E-state index contributed by atoms with van der Waals surface area (Å²) < 4.78 is 6.31. The molecule has 3 heteroatoms. The number of aryl methyl sites for hydroxylation is 4. The van der Waals surface area contributed by atoms with E-state index in [0.29, 0.717) is 11.8 Å². The molecule has 25 heavy (non-hydrogen) atoms. The minimum Gasteiger partial charge on any atom is -0.438 e. The van der Waals surface area contributed by atoms with E-state index in [4.69, 9.17) is 4.74 Å². The molecule has 1 atom stereocenters. The smallest absolute Gasteiger partial charge is 0.228 e. The summed E-state index contributed by atoms with van der Waals surface area (Å²) in [5.41, 5.74) is 5.71. The average molecular weight is 334 g/mol. The van der Waals surface area contributed by atoms with Crippen molar-refractivity contribution in [2.24, 2.45) is 0 Å². The van der Waals surface area contributed by atoms with E-state index in [1.165, 1.54) is 16.5 Å². The normalized spacial score (nSPS) is 12.4. The number of fused-ring (bicyclic) bond motifs is 1. The minimum absolute atomic E-state index is 0.452. The highest BCUT2D eigenvalue weighted by molar-refractivity contribution is 5.89. The summed E-state index contributed by atoms with van der Waals surface area (Å²) in [5, 5.41) is 2.16. The first kappa shape index (κ1) is 17.4. The van der Waals surface area contributed by atoms with Crippen LogP contribution in [0.5, 0.6) is 11.6 Å². The molecule has 0 saturated heterocycles. The van der Waals surface area contributed by atoms with Crippen molar-refractivity contribution in [1.29, 1.82) is 0 Å². The van der Waals surface area contributed by atoms with Crippen LogP contribution in [-0.4, -0.2) is 9.97 Å². The lowest BCUT2D eigenvalue weighted by atomic mass is 9.95. The van der Waals surface area contributed by atoms with Gasteiger partial charge in [-0.25, -0.2) is 4.98 Å². The minimum atomic E-state index is 0.452. The van der Waals surface area contributed by atoms with Gasteiger partial charge in [0.2, 0.25) is 5.88 Å². The number of pyridine rings is 2. The van der Waals surface area contributed by atoms with Gasteiger partial charge in [-0.05, 0) is 68.2 Å². The lowest BCUT2D eigenvalue weighted by Crippen LogP contribution is -2.00. The van der Waals surface area contributed by atoms with E-state index in [2.05, 4.69) is 62.8 Å². The zero-order valence-corrected chi connectivity index (χ0v) is 16.0. The van der Waals surface area contributed by atoms with Crippen LogP contribution in [0.2, 0.25) is 0 Å². The summed E-state index contributed by atoms with van der Waals surface area (Å²) in [6.07, 6.45) is 4.92. The van der Waals surface area contributed by atoms with Crippen molar-refractivity contribution in [3.63, 3.8) is 0 Å². The molecule has 1 unspecified atom stereocenters. The molecule has 0 saturated carbocycles. The first-order valence-corrected chi connectivity index (χ1v) is 8.91. The van der Waals surface area contributed by atoms with Gasteiger partial charge < -0.3 is 4.74 Å². The lowest BCUT2D eigenvalue weighted by molar-refractivity contribution is 0.460. The summed E-state index contributed by atoms with van der Waals surface area (Å²) in [7, 11) is 0. The van der Waals surface area contributed by atoms with Crippen molar-refractivity contribution in [3.8, 4) is 11.6 Å². The van der Waals surface area contributed by atoms with Crippen molar-refractivity contribution in [2.45, 2.75) is 53.9 Å². The molecule has 0 fully saturated rings. The Kier molecular flexibility index (Phi) is 4.76. The van der Waals surface area contributed by atoms with Crippen molar-refractivity contribution in [3.05, 3.63) is 58.5 Å². The summed E-state index contributed by atoms with van der Waals surface area (Å²) >= 11 is 0. The predicted octanol–water partition coefficient (Wildman–Crippen LogP) is 6.17. The van der Waals surface area contributed by atoms with E-state index in [1.54, 1.807) is 0 Å². The standard InChI is InChI=1S/C22H26N2O/c1-7-14(3)19-11-23-12-20-18(19)10-17(6)24-22(20)25-21-15(4)8-13(2)9-16(21)5/h8-12,14H,7H2,1-6H3. The van der Waals surface area contributed by atoms with Crippen LogP contribution in [0.3, 0.4) is 0 Å². The number of benzene rings is 1. The van der Waals surface area contributed by atoms with Gasteiger partial charge >= 0.3 is 0 Å². The number of rotatable bonds is 4. The summed E-state index contributed by atoms with van der Waals surface area (Å²) in [4.78, 5) is 9.12. The average Bonchev–Trinajstić information content (AvgIpc) is 2.56.